The molecule has 1 spiro atoms. The quantitative estimate of drug-likeness (QED) is 0.368. The standard InChI is InChI=1S/C22H31FN4O.HI/c1-2-24-20(27-12-4-9-21(16-27)13-19(28)25-14-21)26-15-22(10-3-11-22)17-5-7-18(23)8-6-17;/h5-8H,2-4,9-16H2,1H3,(H,24,26)(H,25,28);1H. The number of piperidine rings is 1. The number of hydrogen-bond acceptors (Lipinski definition) is 2. The summed E-state index contributed by atoms with van der Waals surface area (Å²) in [5.41, 5.74) is 1.28. The number of nitrogens with zero attached hydrogens (tertiary/aromatic N) is 2. The molecule has 1 unspecified atom stereocenters. The molecule has 4 rings (SSSR count). The molecule has 1 saturated carbocycles. The molecule has 1 aliphatic carbocycles. The third-order valence-electron chi connectivity index (χ3n) is 6.79. The first-order valence-corrected chi connectivity index (χ1v) is 10.6. The van der Waals surface area contributed by atoms with Crippen molar-refractivity contribution in [3.05, 3.63) is 35.6 Å². The molecule has 2 N–H and O–H groups in total. The fourth-order valence-electron chi connectivity index (χ4n) is 5.03. The van der Waals surface area contributed by atoms with E-state index >= 15 is 0 Å². The summed E-state index contributed by atoms with van der Waals surface area (Å²) in [5.74, 6) is 0.941. The maximum absolute atomic E-state index is 13.4. The highest BCUT2D eigenvalue weighted by Gasteiger charge is 2.43. The number of benzene rings is 1. The summed E-state index contributed by atoms with van der Waals surface area (Å²) in [4.78, 5) is 19.2. The molecule has 2 heterocycles. The van der Waals surface area contributed by atoms with Gasteiger partial charge in [0.1, 0.15) is 5.82 Å². The van der Waals surface area contributed by atoms with Crippen molar-refractivity contribution in [3.8, 4) is 0 Å². The summed E-state index contributed by atoms with van der Waals surface area (Å²) < 4.78 is 13.4. The van der Waals surface area contributed by atoms with E-state index in [-0.39, 0.29) is 46.5 Å². The molecular formula is C22H32FIN4O. The van der Waals surface area contributed by atoms with Crippen molar-refractivity contribution in [1.29, 1.82) is 0 Å². The monoisotopic (exact) mass is 514 g/mol. The van der Waals surface area contributed by atoms with Crippen LogP contribution in [0.25, 0.3) is 0 Å². The van der Waals surface area contributed by atoms with Gasteiger partial charge in [-0.1, -0.05) is 18.6 Å². The van der Waals surface area contributed by atoms with Crippen molar-refractivity contribution in [2.24, 2.45) is 10.4 Å². The molecule has 1 aromatic carbocycles. The molecule has 29 heavy (non-hydrogen) atoms. The van der Waals surface area contributed by atoms with Gasteiger partial charge in [-0.05, 0) is 50.3 Å². The number of halogens is 2. The van der Waals surface area contributed by atoms with Gasteiger partial charge in [0.15, 0.2) is 5.96 Å². The molecule has 1 atom stereocenters. The second-order valence-electron chi connectivity index (χ2n) is 8.79. The highest BCUT2D eigenvalue weighted by Crippen LogP contribution is 2.44. The number of carbonyl (C=O) groups excluding carboxylic acids is 1. The van der Waals surface area contributed by atoms with E-state index in [0.717, 1.165) is 64.4 Å². The van der Waals surface area contributed by atoms with Crippen molar-refractivity contribution < 1.29 is 9.18 Å². The van der Waals surface area contributed by atoms with Gasteiger partial charge < -0.3 is 15.5 Å². The minimum atomic E-state index is -0.187. The van der Waals surface area contributed by atoms with E-state index in [2.05, 4.69) is 22.5 Å². The van der Waals surface area contributed by atoms with Crippen LogP contribution in [0.3, 0.4) is 0 Å². The van der Waals surface area contributed by atoms with Gasteiger partial charge >= 0.3 is 0 Å². The topological polar surface area (TPSA) is 56.7 Å². The van der Waals surface area contributed by atoms with Gasteiger partial charge in [-0.3, -0.25) is 9.79 Å². The Labute approximate surface area is 189 Å². The van der Waals surface area contributed by atoms with Gasteiger partial charge in [0.2, 0.25) is 5.91 Å². The van der Waals surface area contributed by atoms with Gasteiger partial charge in [0.05, 0.1) is 6.54 Å². The van der Waals surface area contributed by atoms with E-state index in [1.807, 2.05) is 12.1 Å². The largest absolute Gasteiger partial charge is 0.357 e. The smallest absolute Gasteiger partial charge is 0.220 e. The molecule has 1 aromatic rings. The number of hydrogen-bond donors (Lipinski definition) is 2. The lowest BCUT2D eigenvalue weighted by molar-refractivity contribution is -0.119. The Balaban J connectivity index is 0.00000240. The zero-order chi connectivity index (χ0) is 19.6. The summed E-state index contributed by atoms with van der Waals surface area (Å²) >= 11 is 0. The Bertz CT molecular complexity index is 750. The minimum absolute atomic E-state index is 0. The normalized spacial score (nSPS) is 25.9. The van der Waals surface area contributed by atoms with Crippen LogP contribution < -0.4 is 10.6 Å². The summed E-state index contributed by atoms with van der Waals surface area (Å²) in [5, 5.41) is 6.48. The van der Waals surface area contributed by atoms with Crippen molar-refractivity contribution in [3.63, 3.8) is 0 Å². The van der Waals surface area contributed by atoms with Gasteiger partial charge in [0.25, 0.3) is 0 Å². The molecule has 0 bridgehead atoms. The molecule has 2 aliphatic heterocycles. The van der Waals surface area contributed by atoms with Crippen molar-refractivity contribution in [2.45, 2.75) is 50.9 Å². The number of nitrogens with one attached hydrogen (secondary N) is 2. The maximum Gasteiger partial charge on any atom is 0.220 e. The number of rotatable bonds is 4. The number of carbonyl (C=O) groups is 1. The first kappa shape index (κ1) is 22.3. The van der Waals surface area contributed by atoms with Crippen LogP contribution in [0.2, 0.25) is 0 Å². The second kappa shape index (κ2) is 9.18. The molecule has 1 amide bonds. The van der Waals surface area contributed by atoms with Crippen LogP contribution in [0.1, 0.15) is 51.0 Å². The van der Waals surface area contributed by atoms with Gasteiger partial charge in [-0.15, -0.1) is 24.0 Å². The lowest BCUT2D eigenvalue weighted by Gasteiger charge is -2.43. The Hall–Kier alpha value is -1.38. The Morgan fingerprint density at radius 1 is 1.24 bits per heavy atom. The summed E-state index contributed by atoms with van der Waals surface area (Å²) in [7, 11) is 0. The second-order valence-corrected chi connectivity index (χ2v) is 8.79. The molecule has 2 saturated heterocycles. The number of guanidine groups is 1. The lowest BCUT2D eigenvalue weighted by atomic mass is 9.64. The molecule has 3 fully saturated rings. The molecule has 160 valence electrons. The third kappa shape index (κ3) is 4.70. The average Bonchev–Trinajstić information content (AvgIpc) is 3.01. The summed E-state index contributed by atoms with van der Waals surface area (Å²) in [6.07, 6.45) is 6.21. The van der Waals surface area contributed by atoms with Crippen LogP contribution in [0, 0.1) is 11.2 Å². The Kier molecular flexibility index (Phi) is 7.06. The molecule has 5 nitrogen and oxygen atoms in total. The minimum Gasteiger partial charge on any atom is -0.357 e. The van der Waals surface area contributed by atoms with E-state index in [0.29, 0.717) is 6.42 Å². The summed E-state index contributed by atoms with van der Waals surface area (Å²) in [6, 6.07) is 6.96. The number of aliphatic imine (C=N–C) groups is 1. The SMILES string of the molecule is CCNC(=NCC1(c2ccc(F)cc2)CCC1)N1CCCC2(CNC(=O)C2)C1.I. The van der Waals surface area contributed by atoms with E-state index in [9.17, 15) is 9.18 Å². The van der Waals surface area contributed by atoms with Crippen LogP contribution in [-0.2, 0) is 10.2 Å². The average molecular weight is 514 g/mol. The number of amides is 1. The van der Waals surface area contributed by atoms with Crippen LogP contribution in [0.5, 0.6) is 0 Å². The zero-order valence-corrected chi connectivity index (χ0v) is 19.5. The fourth-order valence-corrected chi connectivity index (χ4v) is 5.03. The van der Waals surface area contributed by atoms with Crippen molar-refractivity contribution in [2.75, 3.05) is 32.7 Å². The fraction of sp³-hybridized carbons (Fsp3) is 0.636. The van der Waals surface area contributed by atoms with E-state index < -0.39 is 0 Å². The van der Waals surface area contributed by atoms with Gasteiger partial charge in [-0.25, -0.2) is 4.39 Å². The van der Waals surface area contributed by atoms with Crippen molar-refractivity contribution in [1.82, 2.24) is 15.5 Å². The molecule has 0 aromatic heterocycles. The first-order chi connectivity index (χ1) is 13.5. The maximum atomic E-state index is 13.4. The predicted molar refractivity (Wildman–Crippen MR) is 124 cm³/mol. The van der Waals surface area contributed by atoms with Crippen LogP contribution in [0.15, 0.2) is 29.3 Å². The zero-order valence-electron chi connectivity index (χ0n) is 17.2. The summed E-state index contributed by atoms with van der Waals surface area (Å²) in [6.45, 7) is 6.27. The van der Waals surface area contributed by atoms with E-state index in [1.165, 1.54) is 12.0 Å². The van der Waals surface area contributed by atoms with Gasteiger partial charge in [-0.2, -0.15) is 0 Å². The van der Waals surface area contributed by atoms with Gasteiger partial charge in [0, 0.05) is 43.4 Å². The number of likely N-dealkylation sites (tertiary alicyclic amines) is 1. The predicted octanol–water partition coefficient (Wildman–Crippen LogP) is 3.43. The molecule has 7 heteroatoms. The van der Waals surface area contributed by atoms with Crippen molar-refractivity contribution >= 4 is 35.8 Å². The molecular weight excluding hydrogens is 482 g/mol. The van der Waals surface area contributed by atoms with Crippen LogP contribution >= 0.6 is 24.0 Å². The van der Waals surface area contributed by atoms with Crippen LogP contribution in [0.4, 0.5) is 4.39 Å². The lowest BCUT2D eigenvalue weighted by Crippen LogP contribution is -2.52. The molecule has 3 aliphatic rings. The van der Waals surface area contributed by atoms with Crippen LogP contribution in [-0.4, -0.2) is 49.5 Å². The third-order valence-corrected chi connectivity index (χ3v) is 6.79. The molecule has 0 radical (unpaired) electrons. The Morgan fingerprint density at radius 3 is 2.59 bits per heavy atom. The Morgan fingerprint density at radius 2 is 2.00 bits per heavy atom. The highest BCUT2D eigenvalue weighted by molar-refractivity contribution is 14.0. The highest BCUT2D eigenvalue weighted by atomic mass is 127. The van der Waals surface area contributed by atoms with E-state index in [4.69, 9.17) is 4.99 Å². The van der Waals surface area contributed by atoms with E-state index in [1.54, 1.807) is 12.1 Å². The first-order valence-electron chi connectivity index (χ1n) is 10.6.